The summed E-state index contributed by atoms with van der Waals surface area (Å²) in [7, 11) is -1.21. The van der Waals surface area contributed by atoms with Gasteiger partial charge in [-0.1, -0.05) is 24.5 Å². The summed E-state index contributed by atoms with van der Waals surface area (Å²) in [5.41, 5.74) is 4.10. The summed E-state index contributed by atoms with van der Waals surface area (Å²) >= 11 is 0. The summed E-state index contributed by atoms with van der Waals surface area (Å²) in [6.45, 7) is 4.40. The Morgan fingerprint density at radius 3 is 2.00 bits per heavy atom. The van der Waals surface area contributed by atoms with Crippen LogP contribution in [0.15, 0.2) is 23.6 Å². The summed E-state index contributed by atoms with van der Waals surface area (Å²) in [6.07, 6.45) is 3.35. The van der Waals surface area contributed by atoms with E-state index < -0.39 is 8.07 Å². The molecule has 1 rings (SSSR count). The first kappa shape index (κ1) is 6.49. The molecular weight excluding hydrogens is 128 g/mol. The zero-order chi connectivity index (χ0) is 6.91. The fourth-order valence-electron chi connectivity index (χ4n) is 0.705. The van der Waals surface area contributed by atoms with Crippen LogP contribution < -0.4 is 0 Å². The van der Waals surface area contributed by atoms with E-state index in [9.17, 15) is 4.79 Å². The van der Waals surface area contributed by atoms with E-state index in [4.69, 9.17) is 0 Å². The fraction of sp³-hybridized carbons (Fsp3) is 0.286. The highest BCUT2D eigenvalue weighted by Crippen LogP contribution is 2.09. The van der Waals surface area contributed by atoms with Gasteiger partial charge in [0.1, 0.15) is 0 Å². The van der Waals surface area contributed by atoms with Gasteiger partial charge in [-0.3, -0.25) is 4.79 Å². The van der Waals surface area contributed by atoms with Crippen molar-refractivity contribution in [2.45, 2.75) is 13.1 Å². The minimum atomic E-state index is -1.21. The van der Waals surface area contributed by atoms with Crippen molar-refractivity contribution in [2.24, 2.45) is 0 Å². The van der Waals surface area contributed by atoms with Crippen LogP contribution in [0.1, 0.15) is 0 Å². The van der Waals surface area contributed by atoms with Gasteiger partial charge in [-0.2, -0.15) is 0 Å². The lowest BCUT2D eigenvalue weighted by Gasteiger charge is -2.13. The summed E-state index contributed by atoms with van der Waals surface area (Å²) < 4.78 is 0. The molecule has 1 aliphatic rings. The van der Waals surface area contributed by atoms with Crippen molar-refractivity contribution in [2.75, 3.05) is 0 Å². The second-order valence-electron chi connectivity index (χ2n) is 2.89. The third kappa shape index (κ3) is 1.64. The summed E-state index contributed by atoms with van der Waals surface area (Å²) in [5, 5.41) is 0. The van der Waals surface area contributed by atoms with E-state index in [0.717, 1.165) is 0 Å². The first-order valence-corrected chi connectivity index (χ1v) is 6.18. The topological polar surface area (TPSA) is 17.1 Å². The third-order valence-corrected chi connectivity index (χ3v) is 3.41. The van der Waals surface area contributed by atoms with Gasteiger partial charge in [0.05, 0.1) is 8.07 Å². The molecule has 0 aromatic heterocycles. The molecule has 1 nitrogen and oxygen atoms in total. The fourth-order valence-corrected chi connectivity index (χ4v) is 2.00. The van der Waals surface area contributed by atoms with Crippen molar-refractivity contribution in [1.82, 2.24) is 0 Å². The van der Waals surface area contributed by atoms with Gasteiger partial charge in [0.2, 0.25) is 0 Å². The van der Waals surface area contributed by atoms with Crippen LogP contribution in [-0.4, -0.2) is 13.9 Å². The normalized spacial score (nSPS) is 22.7. The number of ketones is 1. The van der Waals surface area contributed by atoms with E-state index in [1.54, 1.807) is 12.2 Å². The molecule has 0 aromatic rings. The molecule has 9 heavy (non-hydrogen) atoms. The van der Waals surface area contributed by atoms with Gasteiger partial charge >= 0.3 is 0 Å². The van der Waals surface area contributed by atoms with Gasteiger partial charge in [0.15, 0.2) is 5.78 Å². The van der Waals surface area contributed by atoms with Gasteiger partial charge < -0.3 is 0 Å². The van der Waals surface area contributed by atoms with E-state index in [0.29, 0.717) is 0 Å². The second kappa shape index (κ2) is 1.95. The summed E-state index contributed by atoms with van der Waals surface area (Å²) in [5.74, 6) is 0.127. The molecule has 0 fully saturated rings. The quantitative estimate of drug-likeness (QED) is 0.463. The van der Waals surface area contributed by atoms with E-state index >= 15 is 0 Å². The molecule has 0 spiro atoms. The second-order valence-corrected chi connectivity index (χ2v) is 7.20. The Labute approximate surface area is 56.1 Å². The van der Waals surface area contributed by atoms with E-state index in [2.05, 4.69) is 24.5 Å². The predicted molar refractivity (Wildman–Crippen MR) is 40.8 cm³/mol. The minimum Gasteiger partial charge on any atom is -0.290 e. The molecule has 0 radical (unpaired) electrons. The largest absolute Gasteiger partial charge is 0.290 e. The molecule has 1 aliphatic heterocycles. The molecule has 0 saturated carbocycles. The number of carbonyl (C=O) groups excluding carboxylic acids is 1. The van der Waals surface area contributed by atoms with Crippen LogP contribution in [0.3, 0.4) is 0 Å². The molecule has 0 saturated heterocycles. The highest BCUT2D eigenvalue weighted by atomic mass is 28.3. The van der Waals surface area contributed by atoms with Crippen molar-refractivity contribution in [1.29, 1.82) is 0 Å². The molecule has 0 amide bonds. The molecule has 0 unspecified atom stereocenters. The minimum absolute atomic E-state index is 0.127. The highest BCUT2D eigenvalue weighted by Gasteiger charge is 2.15. The molecule has 0 bridgehead atoms. The molecule has 0 aliphatic carbocycles. The summed E-state index contributed by atoms with van der Waals surface area (Å²) in [6, 6.07) is 0. The lowest BCUT2D eigenvalue weighted by atomic mass is 10.4. The van der Waals surface area contributed by atoms with Crippen LogP contribution in [0, 0.1) is 0 Å². The SMILES string of the molecule is C[Si]1(C)C=CC(=O)C=C1. The van der Waals surface area contributed by atoms with Crippen molar-refractivity contribution in [3.05, 3.63) is 23.6 Å². The lowest BCUT2D eigenvalue weighted by molar-refractivity contribution is -0.110. The first-order valence-electron chi connectivity index (χ1n) is 3.03. The maximum Gasteiger partial charge on any atom is 0.177 e. The van der Waals surface area contributed by atoms with E-state index in [-0.39, 0.29) is 5.78 Å². The number of carbonyl (C=O) groups is 1. The van der Waals surface area contributed by atoms with Gasteiger partial charge in [0.25, 0.3) is 0 Å². The molecule has 2 heteroatoms. The average molecular weight is 138 g/mol. The zero-order valence-electron chi connectivity index (χ0n) is 5.72. The van der Waals surface area contributed by atoms with Crippen LogP contribution in [0.2, 0.25) is 13.1 Å². The maximum atomic E-state index is 10.6. The van der Waals surface area contributed by atoms with Crippen molar-refractivity contribution < 1.29 is 4.79 Å². The molecule has 0 atom stereocenters. The maximum absolute atomic E-state index is 10.6. The average Bonchev–Trinajstić information content (AvgIpc) is 1.78. The standard InChI is InChI=1S/C7H10OSi/c1-9(2)5-3-7(8)4-6-9/h3-6H,1-2H3. The number of hydrogen-bond donors (Lipinski definition) is 0. The van der Waals surface area contributed by atoms with Gasteiger partial charge in [-0.05, 0) is 12.2 Å². The molecule has 0 N–H and O–H groups in total. The Morgan fingerprint density at radius 1 is 1.22 bits per heavy atom. The van der Waals surface area contributed by atoms with Crippen LogP contribution >= 0.6 is 0 Å². The smallest absolute Gasteiger partial charge is 0.177 e. The number of hydrogen-bond acceptors (Lipinski definition) is 1. The first-order chi connectivity index (χ1) is 4.10. The van der Waals surface area contributed by atoms with Crippen LogP contribution in [0.4, 0.5) is 0 Å². The zero-order valence-corrected chi connectivity index (χ0v) is 6.72. The van der Waals surface area contributed by atoms with Gasteiger partial charge in [-0.15, -0.1) is 0 Å². The van der Waals surface area contributed by atoms with Crippen LogP contribution in [0.25, 0.3) is 0 Å². The van der Waals surface area contributed by atoms with Crippen molar-refractivity contribution >= 4 is 13.9 Å². The lowest BCUT2D eigenvalue weighted by Crippen LogP contribution is -2.22. The highest BCUT2D eigenvalue weighted by molar-refractivity contribution is 6.87. The van der Waals surface area contributed by atoms with E-state index in [1.165, 1.54) is 0 Å². The van der Waals surface area contributed by atoms with E-state index in [1.807, 2.05) is 0 Å². The van der Waals surface area contributed by atoms with Crippen LogP contribution in [-0.2, 0) is 4.79 Å². The molecular formula is C7H10OSi. The predicted octanol–water partition coefficient (Wildman–Crippen LogP) is 1.47. The van der Waals surface area contributed by atoms with Crippen molar-refractivity contribution in [3.63, 3.8) is 0 Å². The Balaban J connectivity index is 2.82. The Hall–Kier alpha value is -0.633. The summed E-state index contributed by atoms with van der Waals surface area (Å²) in [4.78, 5) is 10.6. The molecule has 0 aromatic carbocycles. The Bertz CT molecular complexity index is 171. The van der Waals surface area contributed by atoms with Crippen LogP contribution in [0.5, 0.6) is 0 Å². The van der Waals surface area contributed by atoms with Gasteiger partial charge in [-0.25, -0.2) is 0 Å². The Morgan fingerprint density at radius 2 is 1.67 bits per heavy atom. The van der Waals surface area contributed by atoms with Gasteiger partial charge in [0, 0.05) is 0 Å². The monoisotopic (exact) mass is 138 g/mol. The third-order valence-electron chi connectivity index (χ3n) is 1.35. The molecule has 1 heterocycles. The Kier molecular flexibility index (Phi) is 1.41. The number of allylic oxidation sites excluding steroid dienone is 2. The van der Waals surface area contributed by atoms with Crippen molar-refractivity contribution in [3.8, 4) is 0 Å². The molecule has 48 valence electrons. The number of rotatable bonds is 0.